The average molecular weight is 522 g/mol. The van der Waals surface area contributed by atoms with Gasteiger partial charge < -0.3 is 10.3 Å². The lowest BCUT2D eigenvalue weighted by Crippen LogP contribution is -2.21. The van der Waals surface area contributed by atoms with Gasteiger partial charge in [-0.15, -0.1) is 0 Å². The number of halogens is 1. The number of nitrogens with zero attached hydrogens (tertiary/aromatic N) is 1. The minimum Gasteiger partial charge on any atom is -0.353 e. The summed E-state index contributed by atoms with van der Waals surface area (Å²) in [6, 6.07) is 35.3. The van der Waals surface area contributed by atoms with E-state index in [-0.39, 0.29) is 18.3 Å². The molecule has 2 aromatic heterocycles. The van der Waals surface area contributed by atoms with Gasteiger partial charge in [-0.3, -0.25) is 4.79 Å². The first-order valence-electron chi connectivity index (χ1n) is 13.2. The van der Waals surface area contributed by atoms with Crippen LogP contribution in [-0.2, 0) is 11.3 Å². The molecule has 5 aromatic carbocycles. The number of H-pyrrole nitrogens is 1. The van der Waals surface area contributed by atoms with Gasteiger partial charge in [0.2, 0.25) is 5.91 Å². The average Bonchev–Trinajstić information content (AvgIpc) is 3.38. The van der Waals surface area contributed by atoms with Gasteiger partial charge >= 0.3 is 0 Å². The second-order valence-corrected chi connectivity index (χ2v) is 9.85. The van der Waals surface area contributed by atoms with Crippen molar-refractivity contribution in [1.29, 1.82) is 0 Å². The molecule has 0 aliphatic heterocycles. The first-order chi connectivity index (χ1) is 19.6. The Hall–Kier alpha value is -5.29. The Balaban J connectivity index is 1.34. The highest BCUT2D eigenvalue weighted by atomic mass is 19.1. The minimum atomic E-state index is -0.310. The van der Waals surface area contributed by atoms with Crippen molar-refractivity contribution >= 4 is 55.3 Å². The Morgan fingerprint density at radius 2 is 1.48 bits per heavy atom. The van der Waals surface area contributed by atoms with Crippen LogP contribution in [0.15, 0.2) is 115 Å². The molecule has 40 heavy (non-hydrogen) atoms. The molecular weight excluding hydrogens is 497 g/mol. The first-order valence-corrected chi connectivity index (χ1v) is 13.2. The molecule has 0 spiro atoms. The zero-order valence-electron chi connectivity index (χ0n) is 21.5. The van der Waals surface area contributed by atoms with Gasteiger partial charge in [0.25, 0.3) is 0 Å². The molecule has 5 heteroatoms. The number of para-hydroxylation sites is 1. The summed E-state index contributed by atoms with van der Waals surface area (Å²) < 4.78 is 13.2. The van der Waals surface area contributed by atoms with E-state index in [9.17, 15) is 9.18 Å². The van der Waals surface area contributed by atoms with Crippen molar-refractivity contribution in [3.05, 3.63) is 132 Å². The summed E-state index contributed by atoms with van der Waals surface area (Å²) in [5.41, 5.74) is 5.40. The summed E-state index contributed by atoms with van der Waals surface area (Å²) in [6.45, 7) is 0.264. The van der Waals surface area contributed by atoms with Gasteiger partial charge in [0.15, 0.2) is 0 Å². The highest BCUT2D eigenvalue weighted by Gasteiger charge is 2.17. The van der Waals surface area contributed by atoms with Gasteiger partial charge in [-0.05, 0) is 63.5 Å². The third kappa shape index (κ3) is 4.28. The van der Waals surface area contributed by atoms with Crippen molar-refractivity contribution in [3.63, 3.8) is 0 Å². The van der Waals surface area contributed by atoms with Crippen LogP contribution in [0.5, 0.6) is 0 Å². The van der Waals surface area contributed by atoms with Gasteiger partial charge in [0.05, 0.1) is 23.4 Å². The molecule has 0 unspecified atom stereocenters. The van der Waals surface area contributed by atoms with Crippen molar-refractivity contribution in [1.82, 2.24) is 15.3 Å². The zero-order chi connectivity index (χ0) is 27.1. The van der Waals surface area contributed by atoms with Gasteiger partial charge in [-0.1, -0.05) is 78.9 Å². The molecule has 2 heterocycles. The van der Waals surface area contributed by atoms with Gasteiger partial charge in [0, 0.05) is 27.9 Å². The molecule has 7 rings (SSSR count). The van der Waals surface area contributed by atoms with Crippen LogP contribution >= 0.6 is 0 Å². The molecule has 0 saturated carbocycles. The van der Waals surface area contributed by atoms with Crippen molar-refractivity contribution in [2.45, 2.75) is 6.54 Å². The van der Waals surface area contributed by atoms with Gasteiger partial charge in [-0.2, -0.15) is 0 Å². The number of fused-ring (bicyclic) bond motifs is 6. The number of hydrogen-bond acceptors (Lipinski definition) is 2. The van der Waals surface area contributed by atoms with E-state index < -0.39 is 0 Å². The topological polar surface area (TPSA) is 57.8 Å². The Bertz CT molecular complexity index is 2090. The summed E-state index contributed by atoms with van der Waals surface area (Å²) in [6.07, 6.45) is 3.12. The number of hydrogen-bond donors (Lipinski definition) is 2. The molecule has 7 aromatic rings. The molecular formula is C35H24FN3O. The van der Waals surface area contributed by atoms with E-state index in [1.165, 1.54) is 29.0 Å². The lowest BCUT2D eigenvalue weighted by Gasteiger charge is -2.13. The first kappa shape index (κ1) is 23.8. The van der Waals surface area contributed by atoms with Crippen LogP contribution in [0.2, 0.25) is 0 Å². The maximum atomic E-state index is 13.2. The van der Waals surface area contributed by atoms with Crippen LogP contribution in [0, 0.1) is 5.82 Å². The molecule has 2 N–H and O–H groups in total. The van der Waals surface area contributed by atoms with Crippen molar-refractivity contribution in [2.75, 3.05) is 0 Å². The molecule has 0 saturated heterocycles. The normalized spacial score (nSPS) is 11.7. The van der Waals surface area contributed by atoms with Crippen molar-refractivity contribution < 1.29 is 9.18 Å². The second kappa shape index (κ2) is 9.79. The second-order valence-electron chi connectivity index (χ2n) is 9.85. The van der Waals surface area contributed by atoms with Gasteiger partial charge in [-0.25, -0.2) is 9.37 Å². The van der Waals surface area contributed by atoms with E-state index in [0.29, 0.717) is 0 Å². The number of nitrogens with one attached hydrogen (secondary N) is 2. The largest absolute Gasteiger partial charge is 0.353 e. The fourth-order valence-electron chi connectivity index (χ4n) is 5.42. The lowest BCUT2D eigenvalue weighted by atomic mass is 9.94. The third-order valence-corrected chi connectivity index (χ3v) is 7.31. The molecule has 0 atom stereocenters. The maximum absolute atomic E-state index is 13.2. The number of amides is 1. The summed E-state index contributed by atoms with van der Waals surface area (Å²) in [5, 5.41) is 9.76. The van der Waals surface area contributed by atoms with Gasteiger partial charge in [0.1, 0.15) is 5.82 Å². The summed E-state index contributed by atoms with van der Waals surface area (Å²) in [7, 11) is 0. The van der Waals surface area contributed by atoms with E-state index in [1.54, 1.807) is 18.2 Å². The predicted octanol–water partition coefficient (Wildman–Crippen LogP) is 8.16. The third-order valence-electron chi connectivity index (χ3n) is 7.31. The molecule has 192 valence electrons. The van der Waals surface area contributed by atoms with Crippen LogP contribution in [0.25, 0.3) is 60.7 Å². The van der Waals surface area contributed by atoms with Crippen molar-refractivity contribution in [3.8, 4) is 11.3 Å². The highest BCUT2D eigenvalue weighted by molar-refractivity contribution is 6.18. The Kier molecular flexibility index (Phi) is 5.82. The highest BCUT2D eigenvalue weighted by Crippen LogP contribution is 2.38. The zero-order valence-corrected chi connectivity index (χ0v) is 21.5. The molecule has 0 aliphatic carbocycles. The smallest absolute Gasteiger partial charge is 0.244 e. The monoisotopic (exact) mass is 521 g/mol. The predicted molar refractivity (Wildman–Crippen MR) is 161 cm³/mol. The molecule has 0 bridgehead atoms. The van der Waals surface area contributed by atoms with E-state index >= 15 is 0 Å². The molecule has 0 radical (unpaired) electrons. The standard InChI is InChI=1S/C35H24FN3O/c36-24-16-13-22(14-17-24)15-18-33(40)37-21-25-20-31-29-11-5-6-12-32(29)39-35(31)34(38-25)30-19-23-7-1-2-8-26(23)27-9-3-4-10-28(27)30/h1-20,39H,21H2,(H,37,40)/b18-15+. The van der Waals surface area contributed by atoms with Crippen molar-refractivity contribution in [2.24, 2.45) is 0 Å². The molecule has 4 nitrogen and oxygen atoms in total. The van der Waals surface area contributed by atoms with Crippen LogP contribution < -0.4 is 5.32 Å². The lowest BCUT2D eigenvalue weighted by molar-refractivity contribution is -0.116. The molecule has 0 aliphatic rings. The SMILES string of the molecule is O=C(/C=C/c1ccc(F)cc1)NCc1cc2c([nH]c3ccccc32)c(-c2cc3ccccc3c3ccccc23)n1. The number of aromatic nitrogens is 2. The Labute approximate surface area is 229 Å². The van der Waals surface area contributed by atoms with Crippen LogP contribution in [0.3, 0.4) is 0 Å². The van der Waals surface area contributed by atoms with E-state index in [1.807, 2.05) is 18.2 Å². The van der Waals surface area contributed by atoms with E-state index in [2.05, 4.69) is 77.0 Å². The van der Waals surface area contributed by atoms with Crippen LogP contribution in [0.1, 0.15) is 11.3 Å². The summed E-state index contributed by atoms with van der Waals surface area (Å²) in [4.78, 5) is 21.4. The Morgan fingerprint density at radius 1 is 0.775 bits per heavy atom. The Morgan fingerprint density at radius 3 is 2.30 bits per heavy atom. The fourth-order valence-corrected chi connectivity index (χ4v) is 5.42. The number of benzene rings is 5. The molecule has 1 amide bonds. The molecule has 0 fully saturated rings. The van der Waals surface area contributed by atoms with E-state index in [4.69, 9.17) is 4.98 Å². The number of rotatable bonds is 5. The number of pyridine rings is 1. The minimum absolute atomic E-state index is 0.247. The van der Waals surface area contributed by atoms with Crippen LogP contribution in [-0.4, -0.2) is 15.9 Å². The number of carbonyl (C=O) groups excluding carboxylic acids is 1. The quantitative estimate of drug-likeness (QED) is 0.177. The van der Waals surface area contributed by atoms with Crippen LogP contribution in [0.4, 0.5) is 4.39 Å². The number of aromatic amines is 1. The summed E-state index contributed by atoms with van der Waals surface area (Å²) in [5.74, 6) is -0.557. The van der Waals surface area contributed by atoms with E-state index in [0.717, 1.165) is 55.1 Å². The summed E-state index contributed by atoms with van der Waals surface area (Å²) >= 11 is 0. The number of carbonyl (C=O) groups is 1. The maximum Gasteiger partial charge on any atom is 0.244 e. The fraction of sp³-hybridized carbons (Fsp3) is 0.0286.